The van der Waals surface area contributed by atoms with Gasteiger partial charge in [-0.3, -0.25) is 4.79 Å². The van der Waals surface area contributed by atoms with Crippen molar-refractivity contribution in [3.05, 3.63) is 36.2 Å². The molecule has 132 valence electrons. The Labute approximate surface area is 143 Å². The Morgan fingerprint density at radius 3 is 2.92 bits per heavy atom. The van der Waals surface area contributed by atoms with Crippen molar-refractivity contribution in [3.63, 3.8) is 0 Å². The topological polar surface area (TPSA) is 93.4 Å². The van der Waals surface area contributed by atoms with Crippen LogP contribution in [0.25, 0.3) is 0 Å². The summed E-state index contributed by atoms with van der Waals surface area (Å²) < 4.78 is 23.9. The van der Waals surface area contributed by atoms with E-state index in [2.05, 4.69) is 20.4 Å². The monoisotopic (exact) mass is 347 g/mol. The molecule has 0 unspecified atom stereocenters. The maximum Gasteiger partial charge on any atom is 0.290 e. The number of hydrogen-bond acceptors (Lipinski definition) is 7. The van der Waals surface area contributed by atoms with Crippen LogP contribution >= 0.6 is 0 Å². The Balaban J connectivity index is 1.54. The largest absolute Gasteiger partial charge is 0.376 e. The number of ether oxygens (including phenoxy) is 1. The molecule has 4 heterocycles. The van der Waals surface area contributed by atoms with Gasteiger partial charge in [0.2, 0.25) is 11.7 Å². The van der Waals surface area contributed by atoms with Crippen molar-refractivity contribution in [2.75, 3.05) is 24.6 Å². The minimum absolute atomic E-state index is 0.0719. The van der Waals surface area contributed by atoms with E-state index in [1.807, 2.05) is 4.90 Å². The molecule has 9 heteroatoms. The summed E-state index contributed by atoms with van der Waals surface area (Å²) in [4.78, 5) is 22.4. The van der Waals surface area contributed by atoms with Crippen molar-refractivity contribution in [3.8, 4) is 0 Å². The molecule has 0 radical (unpaired) electrons. The molecule has 25 heavy (non-hydrogen) atoms. The number of rotatable bonds is 3. The number of hydrogen-bond donors (Lipinski definition) is 1. The highest BCUT2D eigenvalue weighted by molar-refractivity contribution is 5.91. The molecule has 0 aromatic carbocycles. The van der Waals surface area contributed by atoms with Crippen LogP contribution in [0.3, 0.4) is 0 Å². The van der Waals surface area contributed by atoms with E-state index in [1.54, 1.807) is 0 Å². The van der Waals surface area contributed by atoms with Gasteiger partial charge in [0.25, 0.3) is 5.91 Å². The molecule has 2 aromatic heterocycles. The van der Waals surface area contributed by atoms with E-state index < -0.39 is 5.82 Å². The van der Waals surface area contributed by atoms with Crippen molar-refractivity contribution in [2.24, 2.45) is 5.92 Å². The number of fused-ring (bicyclic) bond motifs is 1. The van der Waals surface area contributed by atoms with Crippen LogP contribution in [0.1, 0.15) is 23.4 Å². The van der Waals surface area contributed by atoms with Crippen molar-refractivity contribution >= 4 is 11.9 Å². The molecule has 0 spiro atoms. The highest BCUT2D eigenvalue weighted by Crippen LogP contribution is 2.30. The first kappa shape index (κ1) is 15.9. The molecular formula is C16H18FN5O3. The van der Waals surface area contributed by atoms with Gasteiger partial charge >= 0.3 is 0 Å². The number of anilines is 1. The fourth-order valence-corrected chi connectivity index (χ4v) is 3.54. The third-order valence-electron chi connectivity index (χ3n) is 4.63. The lowest BCUT2D eigenvalue weighted by Gasteiger charge is -2.45. The zero-order valence-corrected chi connectivity index (χ0v) is 13.5. The first-order valence-corrected chi connectivity index (χ1v) is 8.26. The molecule has 0 bridgehead atoms. The van der Waals surface area contributed by atoms with Gasteiger partial charge in [-0.05, 0) is 12.8 Å². The molecule has 2 saturated heterocycles. The van der Waals surface area contributed by atoms with Gasteiger partial charge in [0, 0.05) is 31.7 Å². The molecule has 3 atom stereocenters. The molecule has 4 rings (SSSR count). The first-order chi connectivity index (χ1) is 12.2. The Hall–Kier alpha value is -2.55. The summed E-state index contributed by atoms with van der Waals surface area (Å²) in [6.07, 6.45) is 5.62. The summed E-state index contributed by atoms with van der Waals surface area (Å²) >= 11 is 0. The third-order valence-corrected chi connectivity index (χ3v) is 4.63. The second kappa shape index (κ2) is 6.75. The van der Waals surface area contributed by atoms with E-state index in [4.69, 9.17) is 9.26 Å². The molecule has 2 aromatic rings. The molecule has 2 aliphatic rings. The maximum atomic E-state index is 13.1. The van der Waals surface area contributed by atoms with Crippen molar-refractivity contribution in [1.29, 1.82) is 0 Å². The number of nitrogens with one attached hydrogen (secondary N) is 1. The molecule has 2 aliphatic heterocycles. The Bertz CT molecular complexity index is 724. The van der Waals surface area contributed by atoms with E-state index in [0.717, 1.165) is 25.2 Å². The number of carbonyl (C=O) groups excluding carboxylic acids is 1. The van der Waals surface area contributed by atoms with E-state index >= 15 is 0 Å². The summed E-state index contributed by atoms with van der Waals surface area (Å²) in [6, 6.07) is 1.27. The molecular weight excluding hydrogens is 329 g/mol. The summed E-state index contributed by atoms with van der Waals surface area (Å²) in [5.41, 5.74) is 0. The molecule has 0 saturated carbocycles. The standard InChI is InChI=1S/C16H18FN5O3/c17-11-6-18-16(19-7-11)22-8-10-2-1-5-24-14(10)12(9-22)21-15(23)13-3-4-20-25-13/h3-4,6-7,10,12,14H,1-2,5,8-9H2,(H,21,23)/t10-,12+,14-/m0/s1. The fourth-order valence-electron chi connectivity index (χ4n) is 3.54. The second-order valence-electron chi connectivity index (χ2n) is 6.30. The maximum absolute atomic E-state index is 13.1. The Morgan fingerprint density at radius 2 is 2.16 bits per heavy atom. The van der Waals surface area contributed by atoms with Crippen molar-refractivity contribution < 1.29 is 18.4 Å². The van der Waals surface area contributed by atoms with Crippen LogP contribution in [0.2, 0.25) is 0 Å². The molecule has 1 N–H and O–H groups in total. The minimum atomic E-state index is -0.477. The Morgan fingerprint density at radius 1 is 1.32 bits per heavy atom. The average molecular weight is 347 g/mol. The molecule has 2 fully saturated rings. The van der Waals surface area contributed by atoms with Crippen LogP contribution in [0, 0.1) is 11.7 Å². The Kier molecular flexibility index (Phi) is 4.31. The average Bonchev–Trinajstić information content (AvgIpc) is 3.17. The van der Waals surface area contributed by atoms with Crippen LogP contribution in [0.5, 0.6) is 0 Å². The van der Waals surface area contributed by atoms with Crippen LogP contribution < -0.4 is 10.2 Å². The van der Waals surface area contributed by atoms with Crippen LogP contribution in [-0.2, 0) is 4.74 Å². The van der Waals surface area contributed by atoms with Gasteiger partial charge in [-0.15, -0.1) is 0 Å². The number of piperidine rings is 1. The number of amides is 1. The van der Waals surface area contributed by atoms with Gasteiger partial charge in [-0.25, -0.2) is 14.4 Å². The quantitative estimate of drug-likeness (QED) is 0.886. The van der Waals surface area contributed by atoms with Crippen LogP contribution in [0.4, 0.5) is 10.3 Å². The predicted molar refractivity (Wildman–Crippen MR) is 84.4 cm³/mol. The molecule has 8 nitrogen and oxygen atoms in total. The van der Waals surface area contributed by atoms with E-state index in [1.165, 1.54) is 12.3 Å². The lowest BCUT2D eigenvalue weighted by molar-refractivity contribution is -0.0524. The number of halogens is 1. The smallest absolute Gasteiger partial charge is 0.290 e. The lowest BCUT2D eigenvalue weighted by Crippen LogP contribution is -2.61. The van der Waals surface area contributed by atoms with Gasteiger partial charge in [0.1, 0.15) is 0 Å². The van der Waals surface area contributed by atoms with E-state index in [-0.39, 0.29) is 29.7 Å². The van der Waals surface area contributed by atoms with Gasteiger partial charge in [0.15, 0.2) is 5.82 Å². The van der Waals surface area contributed by atoms with Gasteiger partial charge in [-0.1, -0.05) is 5.16 Å². The lowest BCUT2D eigenvalue weighted by atomic mass is 9.85. The second-order valence-corrected chi connectivity index (χ2v) is 6.30. The zero-order valence-electron chi connectivity index (χ0n) is 13.5. The summed E-state index contributed by atoms with van der Waals surface area (Å²) in [6.45, 7) is 1.88. The minimum Gasteiger partial charge on any atom is -0.376 e. The number of aromatic nitrogens is 3. The van der Waals surface area contributed by atoms with Crippen LogP contribution in [0.15, 0.2) is 29.2 Å². The summed E-state index contributed by atoms with van der Waals surface area (Å²) in [7, 11) is 0. The number of nitrogens with zero attached hydrogens (tertiary/aromatic N) is 4. The van der Waals surface area contributed by atoms with E-state index in [9.17, 15) is 9.18 Å². The third kappa shape index (κ3) is 3.32. The molecule has 1 amide bonds. The van der Waals surface area contributed by atoms with Gasteiger partial charge in [0.05, 0.1) is 30.7 Å². The number of carbonyl (C=O) groups is 1. The van der Waals surface area contributed by atoms with Gasteiger partial charge < -0.3 is 19.5 Å². The highest BCUT2D eigenvalue weighted by atomic mass is 19.1. The fraction of sp³-hybridized carbons (Fsp3) is 0.500. The first-order valence-electron chi connectivity index (χ1n) is 8.26. The van der Waals surface area contributed by atoms with Crippen LogP contribution in [-0.4, -0.2) is 52.9 Å². The van der Waals surface area contributed by atoms with Crippen molar-refractivity contribution in [1.82, 2.24) is 20.4 Å². The predicted octanol–water partition coefficient (Wildman–Crippen LogP) is 1.02. The highest BCUT2D eigenvalue weighted by Gasteiger charge is 2.41. The normalized spacial score (nSPS) is 26.1. The zero-order chi connectivity index (χ0) is 17.2. The van der Waals surface area contributed by atoms with E-state index in [0.29, 0.717) is 25.6 Å². The SMILES string of the molecule is O=C(N[C@@H]1CN(c2ncc(F)cn2)C[C@@H]2CCCO[C@@H]21)c1ccno1. The van der Waals surface area contributed by atoms with Crippen molar-refractivity contribution in [2.45, 2.75) is 25.0 Å². The summed E-state index contributed by atoms with van der Waals surface area (Å²) in [5, 5.41) is 6.52. The summed E-state index contributed by atoms with van der Waals surface area (Å²) in [5.74, 6) is 0.0372. The van der Waals surface area contributed by atoms with Gasteiger partial charge in [-0.2, -0.15) is 0 Å². The molecule has 0 aliphatic carbocycles.